The first kappa shape index (κ1) is 8.14. The third-order valence-corrected chi connectivity index (χ3v) is 2.19. The van der Waals surface area contributed by atoms with Gasteiger partial charge in [-0.3, -0.25) is 0 Å². The summed E-state index contributed by atoms with van der Waals surface area (Å²) in [7, 11) is 0. The van der Waals surface area contributed by atoms with Crippen molar-refractivity contribution in [1.82, 2.24) is 4.98 Å². The third-order valence-electron chi connectivity index (χ3n) is 1.62. The fourth-order valence-corrected chi connectivity index (χ4v) is 1.30. The van der Waals surface area contributed by atoms with Crippen molar-refractivity contribution in [1.29, 1.82) is 0 Å². The number of halogens is 2. The Kier molecular flexibility index (Phi) is 2.11. The summed E-state index contributed by atoms with van der Waals surface area (Å²) in [4.78, 5) is 3.88. The number of ether oxygens (including phenoxy) is 1. The molecule has 1 fully saturated rings. The zero-order valence-corrected chi connectivity index (χ0v) is 7.77. The summed E-state index contributed by atoms with van der Waals surface area (Å²) in [6, 6.07) is 1.67. The van der Waals surface area contributed by atoms with Gasteiger partial charge in [0.15, 0.2) is 10.9 Å². The Morgan fingerprint density at radius 3 is 2.75 bits per heavy atom. The van der Waals surface area contributed by atoms with E-state index in [9.17, 15) is 0 Å². The number of aromatic nitrogens is 1. The van der Waals surface area contributed by atoms with Crippen LogP contribution < -0.4 is 4.74 Å². The lowest BCUT2D eigenvalue weighted by atomic mass is 10.4. The van der Waals surface area contributed by atoms with Gasteiger partial charge in [0.2, 0.25) is 0 Å². The van der Waals surface area contributed by atoms with Gasteiger partial charge in [-0.1, -0.05) is 23.2 Å². The molecule has 2 rings (SSSR count). The molecule has 1 aromatic rings. The van der Waals surface area contributed by atoms with Crippen LogP contribution in [0.2, 0.25) is 10.2 Å². The lowest BCUT2D eigenvalue weighted by Gasteiger charge is -2.06. The second-order valence-corrected chi connectivity index (χ2v) is 3.50. The van der Waals surface area contributed by atoms with Crippen LogP contribution in [0.1, 0.15) is 12.8 Å². The molecular formula is C8H7Cl2NO. The first-order valence-corrected chi connectivity index (χ1v) is 4.49. The maximum atomic E-state index is 5.85. The number of hydrogen-bond donors (Lipinski definition) is 0. The van der Waals surface area contributed by atoms with Gasteiger partial charge in [-0.2, -0.15) is 0 Å². The quantitative estimate of drug-likeness (QED) is 0.691. The maximum absolute atomic E-state index is 5.85. The summed E-state index contributed by atoms with van der Waals surface area (Å²) in [6.07, 6.45) is 4.03. The van der Waals surface area contributed by atoms with E-state index in [1.807, 2.05) is 0 Å². The van der Waals surface area contributed by atoms with E-state index >= 15 is 0 Å². The van der Waals surface area contributed by atoms with Crippen molar-refractivity contribution in [2.45, 2.75) is 18.9 Å². The maximum Gasteiger partial charge on any atom is 0.175 e. The average Bonchev–Trinajstić information content (AvgIpc) is 2.80. The highest BCUT2D eigenvalue weighted by atomic mass is 35.5. The molecule has 4 heteroatoms. The fraction of sp³-hybridized carbons (Fsp3) is 0.375. The zero-order valence-electron chi connectivity index (χ0n) is 6.26. The second kappa shape index (κ2) is 3.11. The van der Waals surface area contributed by atoms with Crippen LogP contribution in [0.5, 0.6) is 5.75 Å². The van der Waals surface area contributed by atoms with Crippen molar-refractivity contribution >= 4 is 23.2 Å². The van der Waals surface area contributed by atoms with Crippen LogP contribution in [0, 0.1) is 0 Å². The molecule has 0 bridgehead atoms. The largest absolute Gasteiger partial charge is 0.486 e. The Bertz CT molecular complexity index is 279. The molecule has 64 valence electrons. The van der Waals surface area contributed by atoms with Gasteiger partial charge in [-0.05, 0) is 18.9 Å². The minimum absolute atomic E-state index is 0.296. The molecule has 0 radical (unpaired) electrons. The molecule has 0 N–H and O–H groups in total. The van der Waals surface area contributed by atoms with Gasteiger partial charge in [-0.25, -0.2) is 4.98 Å². The molecule has 1 heterocycles. The Balaban J connectivity index is 2.26. The summed E-state index contributed by atoms with van der Waals surface area (Å²) in [5.41, 5.74) is 0. The standard InChI is InChI=1S/C8H7Cl2NO/c9-6-3-4-11-8(10)7(6)12-5-1-2-5/h3-5H,1-2H2. The SMILES string of the molecule is Clc1ccnc(Cl)c1OC1CC1. The Hall–Kier alpha value is -0.470. The normalized spacial score (nSPS) is 16.2. The van der Waals surface area contributed by atoms with E-state index in [1.165, 1.54) is 0 Å². The summed E-state index contributed by atoms with van der Waals surface area (Å²) in [5.74, 6) is 0.517. The van der Waals surface area contributed by atoms with Crippen molar-refractivity contribution in [2.24, 2.45) is 0 Å². The van der Waals surface area contributed by atoms with Crippen LogP contribution in [0.25, 0.3) is 0 Å². The summed E-state index contributed by atoms with van der Waals surface area (Å²) < 4.78 is 5.46. The first-order valence-electron chi connectivity index (χ1n) is 3.74. The van der Waals surface area contributed by atoms with E-state index in [0.717, 1.165) is 12.8 Å². The van der Waals surface area contributed by atoms with E-state index in [2.05, 4.69) is 4.98 Å². The van der Waals surface area contributed by atoms with Crippen molar-refractivity contribution in [3.05, 3.63) is 22.4 Å². The van der Waals surface area contributed by atoms with E-state index in [1.54, 1.807) is 12.3 Å². The lowest BCUT2D eigenvalue weighted by Crippen LogP contribution is -1.97. The van der Waals surface area contributed by atoms with E-state index in [0.29, 0.717) is 22.0 Å². The molecule has 12 heavy (non-hydrogen) atoms. The Labute approximate surface area is 80.5 Å². The number of hydrogen-bond acceptors (Lipinski definition) is 2. The molecule has 0 spiro atoms. The van der Waals surface area contributed by atoms with Gasteiger partial charge in [0.1, 0.15) is 0 Å². The van der Waals surface area contributed by atoms with Crippen LogP contribution in [0.4, 0.5) is 0 Å². The van der Waals surface area contributed by atoms with Crippen molar-refractivity contribution in [2.75, 3.05) is 0 Å². The molecule has 0 aromatic carbocycles. The van der Waals surface area contributed by atoms with Crippen LogP contribution in [0.3, 0.4) is 0 Å². The molecule has 0 saturated heterocycles. The summed E-state index contributed by atoms with van der Waals surface area (Å²) in [5, 5.41) is 0.872. The fourth-order valence-electron chi connectivity index (χ4n) is 0.858. The molecule has 0 atom stereocenters. The molecule has 1 aliphatic rings. The van der Waals surface area contributed by atoms with E-state index in [4.69, 9.17) is 27.9 Å². The highest BCUT2D eigenvalue weighted by Crippen LogP contribution is 2.35. The topological polar surface area (TPSA) is 22.1 Å². The van der Waals surface area contributed by atoms with Gasteiger partial charge in [0.25, 0.3) is 0 Å². The Morgan fingerprint density at radius 2 is 2.17 bits per heavy atom. The van der Waals surface area contributed by atoms with Crippen molar-refractivity contribution in [3.8, 4) is 5.75 Å². The van der Waals surface area contributed by atoms with Crippen LogP contribution in [0.15, 0.2) is 12.3 Å². The number of rotatable bonds is 2. The molecule has 1 aliphatic carbocycles. The Morgan fingerprint density at radius 1 is 1.42 bits per heavy atom. The van der Waals surface area contributed by atoms with Gasteiger partial charge < -0.3 is 4.74 Å². The first-order chi connectivity index (χ1) is 5.77. The highest BCUT2D eigenvalue weighted by Gasteiger charge is 2.25. The molecule has 1 saturated carbocycles. The second-order valence-electron chi connectivity index (χ2n) is 2.73. The molecule has 0 aliphatic heterocycles. The lowest BCUT2D eigenvalue weighted by molar-refractivity contribution is 0.302. The molecular weight excluding hydrogens is 197 g/mol. The van der Waals surface area contributed by atoms with Gasteiger partial charge in [-0.15, -0.1) is 0 Å². The van der Waals surface area contributed by atoms with Crippen molar-refractivity contribution < 1.29 is 4.74 Å². The number of pyridine rings is 1. The molecule has 0 amide bonds. The third kappa shape index (κ3) is 1.65. The molecule has 2 nitrogen and oxygen atoms in total. The van der Waals surface area contributed by atoms with Gasteiger partial charge >= 0.3 is 0 Å². The molecule has 1 aromatic heterocycles. The van der Waals surface area contributed by atoms with Crippen LogP contribution in [-0.2, 0) is 0 Å². The highest BCUT2D eigenvalue weighted by molar-refractivity contribution is 6.36. The predicted octanol–water partition coefficient (Wildman–Crippen LogP) is 2.93. The summed E-state index contributed by atoms with van der Waals surface area (Å²) in [6.45, 7) is 0. The smallest absolute Gasteiger partial charge is 0.175 e. The van der Waals surface area contributed by atoms with Gasteiger partial charge in [0, 0.05) is 6.20 Å². The average molecular weight is 204 g/mol. The monoisotopic (exact) mass is 203 g/mol. The predicted molar refractivity (Wildman–Crippen MR) is 47.9 cm³/mol. The van der Waals surface area contributed by atoms with Crippen LogP contribution >= 0.6 is 23.2 Å². The summed E-state index contributed by atoms with van der Waals surface area (Å²) >= 11 is 11.6. The van der Waals surface area contributed by atoms with E-state index < -0.39 is 0 Å². The van der Waals surface area contributed by atoms with Crippen molar-refractivity contribution in [3.63, 3.8) is 0 Å². The van der Waals surface area contributed by atoms with E-state index in [-0.39, 0.29) is 0 Å². The minimum Gasteiger partial charge on any atom is -0.486 e. The number of nitrogens with zero attached hydrogens (tertiary/aromatic N) is 1. The van der Waals surface area contributed by atoms with Gasteiger partial charge in [0.05, 0.1) is 11.1 Å². The van der Waals surface area contributed by atoms with Crippen LogP contribution in [-0.4, -0.2) is 11.1 Å². The zero-order chi connectivity index (χ0) is 8.55. The minimum atomic E-state index is 0.296. The molecule has 0 unspecified atom stereocenters.